The van der Waals surface area contributed by atoms with E-state index in [1.807, 2.05) is 18.2 Å². The SMILES string of the molecule is CCC1CN(Cc2cccc3ccccc23)c2cc(N)ccc2O1. The number of nitrogens with zero attached hydrogens (tertiary/aromatic N) is 1. The minimum atomic E-state index is 0.219. The van der Waals surface area contributed by atoms with E-state index in [2.05, 4.69) is 54.3 Å². The van der Waals surface area contributed by atoms with Crippen LogP contribution in [0.2, 0.25) is 0 Å². The summed E-state index contributed by atoms with van der Waals surface area (Å²) in [5, 5.41) is 2.59. The van der Waals surface area contributed by atoms with Crippen molar-refractivity contribution >= 4 is 22.1 Å². The third kappa shape index (κ3) is 2.67. The molecule has 0 aliphatic carbocycles. The summed E-state index contributed by atoms with van der Waals surface area (Å²) in [4.78, 5) is 2.39. The average Bonchev–Trinajstić information content (AvgIpc) is 2.62. The van der Waals surface area contributed by atoms with Crippen molar-refractivity contribution in [2.75, 3.05) is 17.2 Å². The number of hydrogen-bond donors (Lipinski definition) is 1. The molecule has 3 aromatic carbocycles. The summed E-state index contributed by atoms with van der Waals surface area (Å²) in [6, 6.07) is 21.0. The van der Waals surface area contributed by atoms with Gasteiger partial charge >= 0.3 is 0 Å². The molecule has 0 aromatic heterocycles. The molecule has 4 rings (SSSR count). The second kappa shape index (κ2) is 6.08. The number of anilines is 2. The molecule has 0 bridgehead atoms. The first-order valence-electron chi connectivity index (χ1n) is 8.52. The molecule has 1 atom stereocenters. The van der Waals surface area contributed by atoms with Crippen LogP contribution in [0.3, 0.4) is 0 Å². The van der Waals surface area contributed by atoms with Crippen LogP contribution < -0.4 is 15.4 Å². The minimum Gasteiger partial charge on any atom is -0.486 e. The van der Waals surface area contributed by atoms with Crippen LogP contribution in [-0.4, -0.2) is 12.6 Å². The summed E-state index contributed by atoms with van der Waals surface area (Å²) in [6.07, 6.45) is 1.21. The fourth-order valence-electron chi connectivity index (χ4n) is 3.44. The molecule has 1 unspecified atom stereocenters. The molecule has 3 heteroatoms. The van der Waals surface area contributed by atoms with Gasteiger partial charge in [-0.3, -0.25) is 0 Å². The Kier molecular flexibility index (Phi) is 3.77. The van der Waals surface area contributed by atoms with Gasteiger partial charge in [0.25, 0.3) is 0 Å². The Morgan fingerprint density at radius 3 is 2.79 bits per heavy atom. The first-order chi connectivity index (χ1) is 11.7. The molecule has 0 saturated heterocycles. The van der Waals surface area contributed by atoms with Crippen LogP contribution in [0.15, 0.2) is 60.7 Å². The monoisotopic (exact) mass is 318 g/mol. The van der Waals surface area contributed by atoms with E-state index in [-0.39, 0.29) is 6.10 Å². The second-order valence-electron chi connectivity index (χ2n) is 6.39. The summed E-state index contributed by atoms with van der Waals surface area (Å²) in [7, 11) is 0. The number of nitrogen functional groups attached to an aromatic ring is 1. The fourth-order valence-corrected chi connectivity index (χ4v) is 3.44. The number of ether oxygens (including phenoxy) is 1. The van der Waals surface area contributed by atoms with Crippen LogP contribution in [0, 0.1) is 0 Å². The van der Waals surface area contributed by atoms with Gasteiger partial charge in [-0.1, -0.05) is 49.4 Å². The second-order valence-corrected chi connectivity index (χ2v) is 6.39. The maximum Gasteiger partial charge on any atom is 0.143 e. The zero-order valence-electron chi connectivity index (χ0n) is 13.9. The number of fused-ring (bicyclic) bond motifs is 2. The summed E-state index contributed by atoms with van der Waals surface area (Å²) in [5.41, 5.74) is 9.21. The highest BCUT2D eigenvalue weighted by Crippen LogP contribution is 2.37. The smallest absolute Gasteiger partial charge is 0.143 e. The molecule has 1 heterocycles. The van der Waals surface area contributed by atoms with E-state index in [0.29, 0.717) is 0 Å². The molecule has 3 nitrogen and oxygen atoms in total. The number of hydrogen-bond acceptors (Lipinski definition) is 3. The quantitative estimate of drug-likeness (QED) is 0.717. The van der Waals surface area contributed by atoms with Crippen LogP contribution in [0.25, 0.3) is 10.8 Å². The highest BCUT2D eigenvalue weighted by molar-refractivity contribution is 5.86. The van der Waals surface area contributed by atoms with Crippen molar-refractivity contribution in [2.24, 2.45) is 0 Å². The van der Waals surface area contributed by atoms with Gasteiger partial charge in [-0.05, 0) is 41.0 Å². The van der Waals surface area contributed by atoms with Crippen molar-refractivity contribution in [2.45, 2.75) is 26.0 Å². The predicted molar refractivity (Wildman–Crippen MR) is 101 cm³/mol. The van der Waals surface area contributed by atoms with E-state index in [4.69, 9.17) is 10.5 Å². The fraction of sp³-hybridized carbons (Fsp3) is 0.238. The maximum absolute atomic E-state index is 6.09. The normalized spacial score (nSPS) is 16.7. The molecular weight excluding hydrogens is 296 g/mol. The van der Waals surface area contributed by atoms with E-state index >= 15 is 0 Å². The molecule has 0 amide bonds. The van der Waals surface area contributed by atoms with Gasteiger partial charge in [-0.2, -0.15) is 0 Å². The van der Waals surface area contributed by atoms with Gasteiger partial charge in [-0.25, -0.2) is 0 Å². The lowest BCUT2D eigenvalue weighted by Crippen LogP contribution is -2.39. The van der Waals surface area contributed by atoms with Crippen molar-refractivity contribution in [1.82, 2.24) is 0 Å². The molecular formula is C21H22N2O. The van der Waals surface area contributed by atoms with Gasteiger partial charge in [0.05, 0.1) is 12.2 Å². The van der Waals surface area contributed by atoms with Crippen LogP contribution in [0.1, 0.15) is 18.9 Å². The third-order valence-corrected chi connectivity index (χ3v) is 4.74. The van der Waals surface area contributed by atoms with Gasteiger partial charge in [0.15, 0.2) is 0 Å². The van der Waals surface area contributed by atoms with Crippen LogP contribution in [-0.2, 0) is 6.54 Å². The molecule has 122 valence electrons. The van der Waals surface area contributed by atoms with E-state index in [9.17, 15) is 0 Å². The van der Waals surface area contributed by atoms with Gasteiger partial charge < -0.3 is 15.4 Å². The predicted octanol–water partition coefficient (Wildman–Crippen LogP) is 4.60. The van der Waals surface area contributed by atoms with Crippen molar-refractivity contribution < 1.29 is 4.74 Å². The number of rotatable bonds is 3. The number of nitrogens with two attached hydrogens (primary N) is 1. The van der Waals surface area contributed by atoms with Crippen molar-refractivity contribution in [3.8, 4) is 5.75 Å². The lowest BCUT2D eigenvalue weighted by Gasteiger charge is -2.36. The standard InChI is InChI=1S/C21H22N2O/c1-2-18-14-23(20-12-17(22)10-11-21(20)24-18)13-16-8-5-7-15-6-3-4-9-19(15)16/h3-12,18H,2,13-14,22H2,1H3. The van der Waals surface area contributed by atoms with Gasteiger partial charge in [0.2, 0.25) is 0 Å². The average molecular weight is 318 g/mol. The molecule has 24 heavy (non-hydrogen) atoms. The van der Waals surface area contributed by atoms with E-state index in [1.54, 1.807) is 0 Å². The van der Waals surface area contributed by atoms with Crippen LogP contribution in [0.5, 0.6) is 5.75 Å². The van der Waals surface area contributed by atoms with Crippen molar-refractivity contribution in [3.63, 3.8) is 0 Å². The summed E-state index contributed by atoms with van der Waals surface area (Å²) >= 11 is 0. The van der Waals surface area contributed by atoms with E-state index in [0.717, 1.165) is 36.6 Å². The molecule has 0 saturated carbocycles. The van der Waals surface area contributed by atoms with E-state index < -0.39 is 0 Å². The molecule has 2 N–H and O–H groups in total. The highest BCUT2D eigenvalue weighted by atomic mass is 16.5. The summed E-state index contributed by atoms with van der Waals surface area (Å²) in [6.45, 7) is 3.91. The Morgan fingerprint density at radius 1 is 1.08 bits per heavy atom. The lowest BCUT2D eigenvalue weighted by molar-refractivity contribution is 0.189. The summed E-state index contributed by atoms with van der Waals surface area (Å²) < 4.78 is 6.09. The topological polar surface area (TPSA) is 38.5 Å². The van der Waals surface area contributed by atoms with Crippen molar-refractivity contribution in [1.29, 1.82) is 0 Å². The Morgan fingerprint density at radius 2 is 1.92 bits per heavy atom. The molecule has 0 radical (unpaired) electrons. The van der Waals surface area contributed by atoms with Crippen LogP contribution in [0.4, 0.5) is 11.4 Å². The van der Waals surface area contributed by atoms with Gasteiger partial charge in [-0.15, -0.1) is 0 Å². The largest absolute Gasteiger partial charge is 0.486 e. The molecule has 3 aromatic rings. The zero-order valence-corrected chi connectivity index (χ0v) is 13.9. The Balaban J connectivity index is 1.74. The van der Waals surface area contributed by atoms with Crippen LogP contribution >= 0.6 is 0 Å². The number of benzene rings is 3. The zero-order chi connectivity index (χ0) is 16.5. The lowest BCUT2D eigenvalue weighted by atomic mass is 10.0. The van der Waals surface area contributed by atoms with E-state index in [1.165, 1.54) is 16.3 Å². The first-order valence-corrected chi connectivity index (χ1v) is 8.52. The Hall–Kier alpha value is -2.68. The van der Waals surface area contributed by atoms with Crippen molar-refractivity contribution in [3.05, 3.63) is 66.2 Å². The third-order valence-electron chi connectivity index (χ3n) is 4.74. The Bertz CT molecular complexity index is 869. The molecule has 1 aliphatic heterocycles. The maximum atomic E-state index is 6.09. The molecule has 1 aliphatic rings. The van der Waals surface area contributed by atoms with Gasteiger partial charge in [0.1, 0.15) is 11.9 Å². The molecule has 0 spiro atoms. The molecule has 0 fully saturated rings. The first kappa shape index (κ1) is 14.9. The Labute approximate surface area is 142 Å². The summed E-state index contributed by atoms with van der Waals surface area (Å²) in [5.74, 6) is 0.933. The highest BCUT2D eigenvalue weighted by Gasteiger charge is 2.25. The minimum absolute atomic E-state index is 0.219. The van der Waals surface area contributed by atoms with Gasteiger partial charge in [0, 0.05) is 12.2 Å².